The highest BCUT2D eigenvalue weighted by Gasteiger charge is 2.25. The summed E-state index contributed by atoms with van der Waals surface area (Å²) in [4.78, 5) is 11.6. The van der Waals surface area contributed by atoms with Crippen molar-refractivity contribution in [3.8, 4) is 0 Å². The van der Waals surface area contributed by atoms with Crippen molar-refractivity contribution in [2.24, 2.45) is 0 Å². The molecule has 1 fully saturated rings. The van der Waals surface area contributed by atoms with Gasteiger partial charge < -0.3 is 0 Å². The molecule has 1 saturated heterocycles. The Hall–Kier alpha value is -1.66. The molecule has 6 heteroatoms. The van der Waals surface area contributed by atoms with Crippen LogP contribution in [0.3, 0.4) is 0 Å². The van der Waals surface area contributed by atoms with Gasteiger partial charge in [-0.25, -0.2) is 4.72 Å². The quantitative estimate of drug-likeness (QED) is 0.842. The fourth-order valence-electron chi connectivity index (χ4n) is 1.89. The smallest absolute Gasteiger partial charge is 0.269 e. The monoisotopic (exact) mass is 280 g/mol. The molecule has 1 aromatic rings. The fourth-order valence-corrected chi connectivity index (χ4v) is 3.08. The predicted octanol–water partition coefficient (Wildman–Crippen LogP) is 1.16. The standard InChI is InChI=1S/C13H16N2O3S/c16-13(9-8-12-6-2-1-3-7-12)14-19(17,18)15-10-4-5-11-15/h1-3,6-9H,4-5,10-11H2,(H,14,16)/b9-8+. The van der Waals surface area contributed by atoms with Gasteiger partial charge in [-0.3, -0.25) is 4.79 Å². The van der Waals surface area contributed by atoms with Gasteiger partial charge in [0.05, 0.1) is 0 Å². The van der Waals surface area contributed by atoms with Gasteiger partial charge >= 0.3 is 10.2 Å². The second-order valence-corrected chi connectivity index (χ2v) is 5.99. The summed E-state index contributed by atoms with van der Waals surface area (Å²) >= 11 is 0. The van der Waals surface area contributed by atoms with Crippen LogP contribution in [0.4, 0.5) is 0 Å². The molecule has 1 aliphatic rings. The summed E-state index contributed by atoms with van der Waals surface area (Å²) in [6.07, 6.45) is 4.49. The van der Waals surface area contributed by atoms with Gasteiger partial charge in [0, 0.05) is 19.2 Å². The average molecular weight is 280 g/mol. The van der Waals surface area contributed by atoms with Crippen molar-refractivity contribution < 1.29 is 13.2 Å². The molecular formula is C13H16N2O3S. The van der Waals surface area contributed by atoms with E-state index in [1.165, 1.54) is 10.4 Å². The molecule has 2 rings (SSSR count). The van der Waals surface area contributed by atoms with E-state index in [1.54, 1.807) is 6.08 Å². The van der Waals surface area contributed by atoms with Gasteiger partial charge in [-0.2, -0.15) is 12.7 Å². The average Bonchev–Trinajstić information content (AvgIpc) is 2.92. The second kappa shape index (κ2) is 5.99. The Kier molecular flexibility index (Phi) is 4.34. The van der Waals surface area contributed by atoms with E-state index in [0.29, 0.717) is 13.1 Å². The first-order valence-electron chi connectivity index (χ1n) is 6.13. The lowest BCUT2D eigenvalue weighted by atomic mass is 10.2. The van der Waals surface area contributed by atoms with Crippen molar-refractivity contribution in [3.63, 3.8) is 0 Å². The number of nitrogens with zero attached hydrogens (tertiary/aromatic N) is 1. The van der Waals surface area contributed by atoms with E-state index < -0.39 is 16.1 Å². The maximum Gasteiger partial charge on any atom is 0.304 e. The zero-order chi connectivity index (χ0) is 13.7. The van der Waals surface area contributed by atoms with Gasteiger partial charge in [0.2, 0.25) is 0 Å². The van der Waals surface area contributed by atoms with Gasteiger partial charge in [0.15, 0.2) is 0 Å². The third-order valence-electron chi connectivity index (χ3n) is 2.86. The Labute approximate surface area is 113 Å². The van der Waals surface area contributed by atoms with Crippen LogP contribution in [0.5, 0.6) is 0 Å². The van der Waals surface area contributed by atoms with Crippen LogP contribution in [-0.2, 0) is 15.0 Å². The van der Waals surface area contributed by atoms with Crippen LogP contribution in [0, 0.1) is 0 Å². The number of rotatable bonds is 4. The molecular weight excluding hydrogens is 264 g/mol. The van der Waals surface area contributed by atoms with Crippen LogP contribution < -0.4 is 4.72 Å². The number of amides is 1. The van der Waals surface area contributed by atoms with Crippen LogP contribution in [0.25, 0.3) is 6.08 Å². The van der Waals surface area contributed by atoms with Crippen LogP contribution in [0.1, 0.15) is 18.4 Å². The first-order chi connectivity index (χ1) is 9.08. The summed E-state index contributed by atoms with van der Waals surface area (Å²) in [5, 5.41) is 0. The van der Waals surface area contributed by atoms with Gasteiger partial charge in [-0.05, 0) is 24.5 Å². The third-order valence-corrected chi connectivity index (χ3v) is 4.37. The molecule has 1 aliphatic heterocycles. The zero-order valence-electron chi connectivity index (χ0n) is 10.5. The summed E-state index contributed by atoms with van der Waals surface area (Å²) in [7, 11) is -3.68. The predicted molar refractivity (Wildman–Crippen MR) is 73.3 cm³/mol. The Morgan fingerprint density at radius 2 is 1.79 bits per heavy atom. The SMILES string of the molecule is O=C(/C=C/c1ccccc1)NS(=O)(=O)N1CCCC1. The largest absolute Gasteiger partial charge is 0.304 e. The minimum absolute atomic E-state index is 0.477. The van der Waals surface area contributed by atoms with Crippen LogP contribution in [0.15, 0.2) is 36.4 Å². The number of benzene rings is 1. The maximum absolute atomic E-state index is 11.8. The summed E-state index contributed by atoms with van der Waals surface area (Å²) in [5.74, 6) is -0.629. The molecule has 102 valence electrons. The molecule has 0 unspecified atom stereocenters. The highest BCUT2D eigenvalue weighted by atomic mass is 32.2. The van der Waals surface area contributed by atoms with E-state index in [1.807, 2.05) is 35.1 Å². The van der Waals surface area contributed by atoms with Crippen molar-refractivity contribution in [1.82, 2.24) is 9.03 Å². The molecule has 5 nitrogen and oxygen atoms in total. The lowest BCUT2D eigenvalue weighted by molar-refractivity contribution is -0.114. The van der Waals surface area contributed by atoms with Crippen LogP contribution in [0.2, 0.25) is 0 Å². The molecule has 0 atom stereocenters. The Morgan fingerprint density at radius 3 is 2.42 bits per heavy atom. The van der Waals surface area contributed by atoms with Crippen molar-refractivity contribution in [2.75, 3.05) is 13.1 Å². The maximum atomic E-state index is 11.8. The highest BCUT2D eigenvalue weighted by molar-refractivity contribution is 7.87. The molecule has 0 spiro atoms. The highest BCUT2D eigenvalue weighted by Crippen LogP contribution is 2.11. The Morgan fingerprint density at radius 1 is 1.16 bits per heavy atom. The molecule has 1 N–H and O–H groups in total. The third kappa shape index (κ3) is 3.90. The first-order valence-corrected chi connectivity index (χ1v) is 7.57. The van der Waals surface area contributed by atoms with Gasteiger partial charge in [-0.1, -0.05) is 30.3 Å². The van der Waals surface area contributed by atoms with Gasteiger partial charge in [0.25, 0.3) is 5.91 Å². The van der Waals surface area contributed by atoms with E-state index in [2.05, 4.69) is 0 Å². The molecule has 0 radical (unpaired) electrons. The topological polar surface area (TPSA) is 66.5 Å². The summed E-state index contributed by atoms with van der Waals surface area (Å²) in [6.45, 7) is 0.954. The number of carbonyl (C=O) groups excluding carboxylic acids is 1. The molecule has 1 aromatic carbocycles. The Bertz CT molecular complexity index is 561. The molecule has 0 aromatic heterocycles. The van der Waals surface area contributed by atoms with Gasteiger partial charge in [0.1, 0.15) is 0 Å². The number of carbonyl (C=O) groups is 1. The summed E-state index contributed by atoms with van der Waals surface area (Å²) in [6, 6.07) is 9.23. The van der Waals surface area contributed by atoms with E-state index in [4.69, 9.17) is 0 Å². The van der Waals surface area contributed by atoms with Gasteiger partial charge in [-0.15, -0.1) is 0 Å². The normalized spacial score (nSPS) is 16.8. The molecule has 1 heterocycles. The molecule has 0 saturated carbocycles. The lowest BCUT2D eigenvalue weighted by Gasteiger charge is -2.14. The lowest BCUT2D eigenvalue weighted by Crippen LogP contribution is -2.41. The number of hydrogen-bond donors (Lipinski definition) is 1. The summed E-state index contributed by atoms with van der Waals surface area (Å²) in [5.41, 5.74) is 0.844. The van der Waals surface area contributed by atoms with Crippen LogP contribution in [-0.4, -0.2) is 31.7 Å². The fraction of sp³-hybridized carbons (Fsp3) is 0.308. The van der Waals surface area contributed by atoms with Crippen molar-refractivity contribution in [3.05, 3.63) is 42.0 Å². The Balaban J connectivity index is 1.96. The second-order valence-electron chi connectivity index (χ2n) is 4.32. The van der Waals surface area contributed by atoms with E-state index in [0.717, 1.165) is 18.4 Å². The van der Waals surface area contributed by atoms with E-state index in [-0.39, 0.29) is 0 Å². The zero-order valence-corrected chi connectivity index (χ0v) is 11.3. The van der Waals surface area contributed by atoms with Crippen LogP contribution >= 0.6 is 0 Å². The molecule has 0 aliphatic carbocycles. The number of hydrogen-bond acceptors (Lipinski definition) is 3. The minimum Gasteiger partial charge on any atom is -0.269 e. The molecule has 19 heavy (non-hydrogen) atoms. The van der Waals surface area contributed by atoms with Crippen molar-refractivity contribution in [2.45, 2.75) is 12.8 Å². The first kappa shape index (κ1) is 13.8. The van der Waals surface area contributed by atoms with Crippen molar-refractivity contribution in [1.29, 1.82) is 0 Å². The van der Waals surface area contributed by atoms with E-state index >= 15 is 0 Å². The number of nitrogens with one attached hydrogen (secondary N) is 1. The molecule has 1 amide bonds. The van der Waals surface area contributed by atoms with Crippen molar-refractivity contribution >= 4 is 22.2 Å². The minimum atomic E-state index is -3.68. The summed E-state index contributed by atoms with van der Waals surface area (Å²) < 4.78 is 27.0. The van der Waals surface area contributed by atoms with E-state index in [9.17, 15) is 13.2 Å². The molecule has 0 bridgehead atoms.